The molecule has 2 amide bonds. The standard InChI is InChI=1S/C18H23ClN2O2/c19-15-8-6-14(7-9-15)4-3-5-16(22)21-13-12-20-17(23)18(21)10-1-2-11-18/h6-9H,1-5,10-13H2,(H,20,23). The molecule has 1 aliphatic heterocycles. The Bertz CT molecular complexity index is 579. The van der Waals surface area contributed by atoms with Gasteiger partial charge in [0.25, 0.3) is 0 Å². The van der Waals surface area contributed by atoms with Gasteiger partial charge in [0.2, 0.25) is 11.8 Å². The van der Waals surface area contributed by atoms with Crippen LogP contribution in [-0.2, 0) is 16.0 Å². The minimum atomic E-state index is -0.560. The van der Waals surface area contributed by atoms with Crippen LogP contribution in [0.5, 0.6) is 0 Å². The molecule has 2 aliphatic rings. The first kappa shape index (κ1) is 16.3. The number of halogens is 1. The lowest BCUT2D eigenvalue weighted by molar-refractivity contribution is -0.151. The number of piperazine rings is 1. The third-order valence-corrected chi connectivity index (χ3v) is 5.31. The van der Waals surface area contributed by atoms with Gasteiger partial charge in [-0.25, -0.2) is 0 Å². The minimum Gasteiger partial charge on any atom is -0.352 e. The summed E-state index contributed by atoms with van der Waals surface area (Å²) in [5, 5.41) is 3.67. The molecule has 2 fully saturated rings. The van der Waals surface area contributed by atoms with E-state index in [0.717, 1.165) is 43.5 Å². The van der Waals surface area contributed by atoms with Crippen molar-refractivity contribution < 1.29 is 9.59 Å². The molecule has 1 aromatic carbocycles. The molecule has 1 saturated carbocycles. The van der Waals surface area contributed by atoms with Gasteiger partial charge >= 0.3 is 0 Å². The monoisotopic (exact) mass is 334 g/mol. The normalized spacial score (nSPS) is 19.9. The zero-order valence-corrected chi connectivity index (χ0v) is 14.1. The fourth-order valence-corrected chi connectivity index (χ4v) is 3.96. The molecule has 1 saturated heterocycles. The fraction of sp³-hybridized carbons (Fsp3) is 0.556. The zero-order chi connectivity index (χ0) is 16.3. The molecule has 0 unspecified atom stereocenters. The molecule has 1 spiro atoms. The first-order valence-electron chi connectivity index (χ1n) is 8.45. The van der Waals surface area contributed by atoms with Crippen LogP contribution in [0.1, 0.15) is 44.1 Å². The highest BCUT2D eigenvalue weighted by Gasteiger charge is 2.49. The molecular weight excluding hydrogens is 312 g/mol. The van der Waals surface area contributed by atoms with Crippen molar-refractivity contribution >= 4 is 23.4 Å². The Hall–Kier alpha value is -1.55. The fourth-order valence-electron chi connectivity index (χ4n) is 3.83. The number of amides is 2. The second-order valence-corrected chi connectivity index (χ2v) is 6.96. The van der Waals surface area contributed by atoms with Gasteiger partial charge in [0, 0.05) is 24.5 Å². The Kier molecular flexibility index (Phi) is 4.90. The molecule has 0 radical (unpaired) electrons. The summed E-state index contributed by atoms with van der Waals surface area (Å²) in [6.07, 6.45) is 5.83. The first-order valence-corrected chi connectivity index (χ1v) is 8.83. The molecular formula is C18H23ClN2O2. The van der Waals surface area contributed by atoms with E-state index in [1.54, 1.807) is 0 Å². The van der Waals surface area contributed by atoms with Gasteiger partial charge in [-0.15, -0.1) is 0 Å². The molecule has 1 aromatic rings. The molecule has 5 heteroatoms. The summed E-state index contributed by atoms with van der Waals surface area (Å²) in [4.78, 5) is 26.9. The number of nitrogens with one attached hydrogen (secondary N) is 1. The largest absolute Gasteiger partial charge is 0.352 e. The molecule has 1 aliphatic carbocycles. The summed E-state index contributed by atoms with van der Waals surface area (Å²) in [7, 11) is 0. The summed E-state index contributed by atoms with van der Waals surface area (Å²) >= 11 is 5.88. The Labute approximate surface area is 142 Å². The molecule has 0 bridgehead atoms. The summed E-state index contributed by atoms with van der Waals surface area (Å²) in [5.74, 6) is 0.169. The van der Waals surface area contributed by atoms with E-state index in [0.29, 0.717) is 19.5 Å². The molecule has 3 rings (SSSR count). The SMILES string of the molecule is O=C(CCCc1ccc(Cl)cc1)N1CCNC(=O)C12CCCC2. The van der Waals surface area contributed by atoms with Crippen molar-refractivity contribution in [1.82, 2.24) is 10.2 Å². The molecule has 4 nitrogen and oxygen atoms in total. The van der Waals surface area contributed by atoms with Crippen LogP contribution in [0.25, 0.3) is 0 Å². The van der Waals surface area contributed by atoms with E-state index in [1.807, 2.05) is 29.2 Å². The third-order valence-electron chi connectivity index (χ3n) is 5.06. The van der Waals surface area contributed by atoms with E-state index in [9.17, 15) is 9.59 Å². The maximum absolute atomic E-state index is 12.7. The number of nitrogens with zero attached hydrogens (tertiary/aromatic N) is 1. The summed E-state index contributed by atoms with van der Waals surface area (Å²) < 4.78 is 0. The van der Waals surface area contributed by atoms with Gasteiger partial charge in [-0.2, -0.15) is 0 Å². The van der Waals surface area contributed by atoms with Crippen LogP contribution in [0, 0.1) is 0 Å². The van der Waals surface area contributed by atoms with Crippen molar-refractivity contribution in [3.63, 3.8) is 0 Å². The predicted octanol–water partition coefficient (Wildman–Crippen LogP) is 2.93. The second kappa shape index (κ2) is 6.91. The third kappa shape index (κ3) is 3.37. The van der Waals surface area contributed by atoms with Gasteiger partial charge in [0.05, 0.1) is 0 Å². The Morgan fingerprint density at radius 2 is 1.91 bits per heavy atom. The van der Waals surface area contributed by atoms with Crippen molar-refractivity contribution in [2.75, 3.05) is 13.1 Å². The van der Waals surface area contributed by atoms with E-state index in [-0.39, 0.29) is 11.8 Å². The minimum absolute atomic E-state index is 0.0484. The van der Waals surface area contributed by atoms with Crippen molar-refractivity contribution in [3.05, 3.63) is 34.9 Å². The van der Waals surface area contributed by atoms with E-state index in [2.05, 4.69) is 5.32 Å². The lowest BCUT2D eigenvalue weighted by Crippen LogP contribution is -2.65. The van der Waals surface area contributed by atoms with Crippen LogP contribution in [0.3, 0.4) is 0 Å². The number of hydrogen-bond acceptors (Lipinski definition) is 2. The van der Waals surface area contributed by atoms with Crippen molar-refractivity contribution in [2.45, 2.75) is 50.5 Å². The van der Waals surface area contributed by atoms with Crippen LogP contribution in [0.4, 0.5) is 0 Å². The highest BCUT2D eigenvalue weighted by Crippen LogP contribution is 2.37. The van der Waals surface area contributed by atoms with Crippen LogP contribution < -0.4 is 5.32 Å². The molecule has 0 atom stereocenters. The number of carbonyl (C=O) groups excluding carboxylic acids is 2. The molecule has 0 aromatic heterocycles. The van der Waals surface area contributed by atoms with Crippen molar-refractivity contribution in [1.29, 1.82) is 0 Å². The lowest BCUT2D eigenvalue weighted by Gasteiger charge is -2.43. The average Bonchev–Trinajstić information content (AvgIpc) is 3.02. The maximum Gasteiger partial charge on any atom is 0.246 e. The summed E-state index contributed by atoms with van der Waals surface area (Å²) in [6, 6.07) is 7.75. The number of aryl methyl sites for hydroxylation is 1. The van der Waals surface area contributed by atoms with Crippen LogP contribution in [-0.4, -0.2) is 35.3 Å². The van der Waals surface area contributed by atoms with E-state index >= 15 is 0 Å². The first-order chi connectivity index (χ1) is 11.1. The van der Waals surface area contributed by atoms with Gasteiger partial charge in [-0.05, 0) is 43.4 Å². The lowest BCUT2D eigenvalue weighted by atomic mass is 9.91. The van der Waals surface area contributed by atoms with Gasteiger partial charge in [0.15, 0.2) is 0 Å². The van der Waals surface area contributed by atoms with Gasteiger partial charge in [-0.3, -0.25) is 9.59 Å². The number of rotatable bonds is 4. The van der Waals surface area contributed by atoms with E-state index in [4.69, 9.17) is 11.6 Å². The number of carbonyl (C=O) groups is 2. The summed E-state index contributed by atoms with van der Waals surface area (Å²) in [5.41, 5.74) is 0.629. The highest BCUT2D eigenvalue weighted by atomic mass is 35.5. The Balaban J connectivity index is 1.58. The van der Waals surface area contributed by atoms with Crippen LogP contribution in [0.2, 0.25) is 5.02 Å². The van der Waals surface area contributed by atoms with Crippen LogP contribution in [0.15, 0.2) is 24.3 Å². The zero-order valence-electron chi connectivity index (χ0n) is 13.3. The average molecular weight is 335 g/mol. The topological polar surface area (TPSA) is 49.4 Å². The van der Waals surface area contributed by atoms with Gasteiger partial charge in [0.1, 0.15) is 5.54 Å². The Morgan fingerprint density at radius 3 is 2.61 bits per heavy atom. The summed E-state index contributed by atoms with van der Waals surface area (Å²) in [6.45, 7) is 1.22. The van der Waals surface area contributed by atoms with E-state index < -0.39 is 5.54 Å². The maximum atomic E-state index is 12.7. The van der Waals surface area contributed by atoms with Crippen molar-refractivity contribution in [2.24, 2.45) is 0 Å². The van der Waals surface area contributed by atoms with Crippen LogP contribution >= 0.6 is 11.6 Å². The van der Waals surface area contributed by atoms with Gasteiger partial charge < -0.3 is 10.2 Å². The highest BCUT2D eigenvalue weighted by molar-refractivity contribution is 6.30. The second-order valence-electron chi connectivity index (χ2n) is 6.52. The molecule has 23 heavy (non-hydrogen) atoms. The quantitative estimate of drug-likeness (QED) is 0.920. The van der Waals surface area contributed by atoms with Gasteiger partial charge in [-0.1, -0.05) is 36.6 Å². The number of benzene rings is 1. The van der Waals surface area contributed by atoms with Crippen molar-refractivity contribution in [3.8, 4) is 0 Å². The molecule has 1 heterocycles. The molecule has 1 N–H and O–H groups in total. The molecule has 124 valence electrons. The number of hydrogen-bond donors (Lipinski definition) is 1. The predicted molar refractivity (Wildman–Crippen MR) is 90.3 cm³/mol. The smallest absolute Gasteiger partial charge is 0.246 e. The Morgan fingerprint density at radius 1 is 1.22 bits per heavy atom. The van der Waals surface area contributed by atoms with E-state index in [1.165, 1.54) is 5.56 Å².